The molecule has 0 saturated carbocycles. The molecule has 0 saturated heterocycles. The zero-order chi connectivity index (χ0) is 18.5. The molecule has 2 aromatic carbocycles. The zero-order valence-electron chi connectivity index (χ0n) is 15.0. The van der Waals surface area contributed by atoms with E-state index in [2.05, 4.69) is 36.2 Å². The van der Waals surface area contributed by atoms with Gasteiger partial charge in [-0.15, -0.1) is 0 Å². The standard InChI is InChI=1S/C21H22N2O3/c1-3-23(18-10-6-4-8-15(18)2)13-12-22-20(24)17-14-16-9-5-7-11-19(16)26-21(17)25/h4-11,14H,3,12-13H2,1-2H3,(H,22,24). The van der Waals surface area contributed by atoms with Crippen LogP contribution < -0.4 is 15.8 Å². The fourth-order valence-electron chi connectivity index (χ4n) is 2.99. The summed E-state index contributed by atoms with van der Waals surface area (Å²) in [4.78, 5) is 26.6. The van der Waals surface area contributed by atoms with Crippen LogP contribution in [0.25, 0.3) is 11.0 Å². The first-order chi connectivity index (χ1) is 12.6. The van der Waals surface area contributed by atoms with Gasteiger partial charge in [0, 0.05) is 30.7 Å². The Labute approximate surface area is 152 Å². The summed E-state index contributed by atoms with van der Waals surface area (Å²) in [5.41, 5.74) is 2.23. The van der Waals surface area contributed by atoms with Crippen LogP contribution in [0.1, 0.15) is 22.8 Å². The predicted octanol–water partition coefficient (Wildman–Crippen LogP) is 3.36. The first kappa shape index (κ1) is 17.7. The second kappa shape index (κ2) is 7.87. The molecule has 1 aromatic heterocycles. The molecule has 3 rings (SSSR count). The summed E-state index contributed by atoms with van der Waals surface area (Å²) in [6, 6.07) is 16.9. The second-order valence-corrected chi connectivity index (χ2v) is 6.11. The van der Waals surface area contributed by atoms with Gasteiger partial charge in [-0.3, -0.25) is 4.79 Å². The Morgan fingerprint density at radius 2 is 1.85 bits per heavy atom. The number of carbonyl (C=O) groups excluding carboxylic acids is 1. The van der Waals surface area contributed by atoms with E-state index in [4.69, 9.17) is 4.42 Å². The smallest absolute Gasteiger partial charge is 0.349 e. The first-order valence-corrected chi connectivity index (χ1v) is 8.72. The van der Waals surface area contributed by atoms with Crippen LogP contribution in [0.4, 0.5) is 5.69 Å². The van der Waals surface area contributed by atoms with Gasteiger partial charge in [-0.25, -0.2) is 4.79 Å². The summed E-state index contributed by atoms with van der Waals surface area (Å²) < 4.78 is 5.22. The Morgan fingerprint density at radius 3 is 2.62 bits per heavy atom. The van der Waals surface area contributed by atoms with E-state index < -0.39 is 11.5 Å². The minimum absolute atomic E-state index is 0.0302. The van der Waals surface area contributed by atoms with Crippen molar-refractivity contribution in [1.29, 1.82) is 0 Å². The molecular weight excluding hydrogens is 328 g/mol. The molecule has 1 amide bonds. The molecule has 0 unspecified atom stereocenters. The SMILES string of the molecule is CCN(CCNC(=O)c1cc2ccccc2oc1=O)c1ccccc1C. The number of anilines is 1. The van der Waals surface area contributed by atoms with E-state index in [1.54, 1.807) is 18.2 Å². The number of aryl methyl sites for hydroxylation is 1. The Bertz CT molecular complexity index is 978. The molecule has 1 heterocycles. The van der Waals surface area contributed by atoms with Crippen molar-refractivity contribution in [3.63, 3.8) is 0 Å². The number of hydrogen-bond acceptors (Lipinski definition) is 4. The third kappa shape index (κ3) is 3.77. The van der Waals surface area contributed by atoms with Crippen molar-refractivity contribution in [2.24, 2.45) is 0 Å². The molecule has 5 nitrogen and oxygen atoms in total. The Balaban J connectivity index is 1.68. The van der Waals surface area contributed by atoms with Crippen LogP contribution in [-0.4, -0.2) is 25.5 Å². The van der Waals surface area contributed by atoms with Gasteiger partial charge in [0.25, 0.3) is 5.91 Å². The van der Waals surface area contributed by atoms with Gasteiger partial charge < -0.3 is 14.6 Å². The summed E-state index contributed by atoms with van der Waals surface area (Å²) in [5.74, 6) is -0.412. The molecular formula is C21H22N2O3. The topological polar surface area (TPSA) is 62.6 Å². The summed E-state index contributed by atoms with van der Waals surface area (Å²) in [6.07, 6.45) is 0. The zero-order valence-corrected chi connectivity index (χ0v) is 15.0. The van der Waals surface area contributed by atoms with E-state index in [0.29, 0.717) is 18.7 Å². The van der Waals surface area contributed by atoms with Crippen LogP contribution in [0.2, 0.25) is 0 Å². The summed E-state index contributed by atoms with van der Waals surface area (Å²) in [7, 11) is 0. The van der Waals surface area contributed by atoms with Crippen molar-refractivity contribution in [1.82, 2.24) is 5.32 Å². The normalized spacial score (nSPS) is 10.7. The van der Waals surface area contributed by atoms with Gasteiger partial charge in [0.05, 0.1) is 0 Å². The number of nitrogens with zero attached hydrogens (tertiary/aromatic N) is 1. The van der Waals surface area contributed by atoms with Crippen molar-refractivity contribution < 1.29 is 9.21 Å². The average Bonchev–Trinajstić information content (AvgIpc) is 2.65. The number of amides is 1. The molecule has 26 heavy (non-hydrogen) atoms. The van der Waals surface area contributed by atoms with Crippen LogP contribution in [0.15, 0.2) is 63.8 Å². The van der Waals surface area contributed by atoms with Gasteiger partial charge in [0.15, 0.2) is 0 Å². The number of likely N-dealkylation sites (N-methyl/N-ethyl adjacent to an activating group) is 1. The van der Waals surface area contributed by atoms with Crippen LogP contribution in [-0.2, 0) is 0 Å². The third-order valence-electron chi connectivity index (χ3n) is 4.39. The number of hydrogen-bond donors (Lipinski definition) is 1. The summed E-state index contributed by atoms with van der Waals surface area (Å²) >= 11 is 0. The lowest BCUT2D eigenvalue weighted by molar-refractivity contribution is 0.0951. The second-order valence-electron chi connectivity index (χ2n) is 6.11. The molecule has 0 aliphatic heterocycles. The van der Waals surface area contributed by atoms with Gasteiger partial charge in [-0.1, -0.05) is 36.4 Å². The highest BCUT2D eigenvalue weighted by Crippen LogP contribution is 2.18. The van der Waals surface area contributed by atoms with Crippen molar-refractivity contribution in [2.75, 3.05) is 24.5 Å². The number of para-hydroxylation sites is 2. The molecule has 0 aliphatic carbocycles. The van der Waals surface area contributed by atoms with E-state index in [0.717, 1.165) is 17.6 Å². The molecule has 0 bridgehead atoms. The molecule has 0 spiro atoms. The lowest BCUT2D eigenvalue weighted by atomic mass is 10.1. The fourth-order valence-corrected chi connectivity index (χ4v) is 2.99. The Morgan fingerprint density at radius 1 is 1.12 bits per heavy atom. The van der Waals surface area contributed by atoms with Gasteiger partial charge in [0.1, 0.15) is 11.1 Å². The van der Waals surface area contributed by atoms with Crippen LogP contribution in [0, 0.1) is 6.92 Å². The molecule has 5 heteroatoms. The maximum absolute atomic E-state index is 12.4. The predicted molar refractivity (Wildman–Crippen MR) is 104 cm³/mol. The van der Waals surface area contributed by atoms with E-state index in [1.807, 2.05) is 24.3 Å². The lowest BCUT2D eigenvalue weighted by Gasteiger charge is -2.25. The lowest BCUT2D eigenvalue weighted by Crippen LogP contribution is -2.36. The van der Waals surface area contributed by atoms with Gasteiger partial charge in [-0.05, 0) is 37.6 Å². The number of carbonyl (C=O) groups is 1. The molecule has 0 radical (unpaired) electrons. The maximum Gasteiger partial charge on any atom is 0.349 e. The number of fused-ring (bicyclic) bond motifs is 1. The van der Waals surface area contributed by atoms with Gasteiger partial charge in [-0.2, -0.15) is 0 Å². The number of nitrogens with one attached hydrogen (secondary N) is 1. The maximum atomic E-state index is 12.4. The van der Waals surface area contributed by atoms with Crippen LogP contribution in [0.5, 0.6) is 0 Å². The van der Waals surface area contributed by atoms with E-state index in [-0.39, 0.29) is 5.56 Å². The Kier molecular flexibility index (Phi) is 5.37. The minimum Gasteiger partial charge on any atom is -0.422 e. The van der Waals surface area contributed by atoms with E-state index in [1.165, 1.54) is 5.56 Å². The number of rotatable bonds is 6. The highest BCUT2D eigenvalue weighted by Gasteiger charge is 2.14. The van der Waals surface area contributed by atoms with E-state index in [9.17, 15) is 9.59 Å². The molecule has 1 N–H and O–H groups in total. The molecule has 3 aromatic rings. The van der Waals surface area contributed by atoms with Crippen LogP contribution in [0.3, 0.4) is 0 Å². The van der Waals surface area contributed by atoms with Gasteiger partial charge >= 0.3 is 5.63 Å². The third-order valence-corrected chi connectivity index (χ3v) is 4.39. The summed E-state index contributed by atoms with van der Waals surface area (Å²) in [6.45, 7) is 6.07. The van der Waals surface area contributed by atoms with Crippen molar-refractivity contribution in [3.05, 3.63) is 76.1 Å². The quantitative estimate of drug-likeness (QED) is 0.693. The Hall–Kier alpha value is -3.08. The fraction of sp³-hybridized carbons (Fsp3) is 0.238. The van der Waals surface area contributed by atoms with Crippen molar-refractivity contribution in [2.45, 2.75) is 13.8 Å². The van der Waals surface area contributed by atoms with Crippen LogP contribution >= 0.6 is 0 Å². The van der Waals surface area contributed by atoms with Gasteiger partial charge in [0.2, 0.25) is 0 Å². The molecule has 0 aliphatic rings. The highest BCUT2D eigenvalue weighted by atomic mass is 16.4. The first-order valence-electron chi connectivity index (χ1n) is 8.72. The van der Waals surface area contributed by atoms with E-state index >= 15 is 0 Å². The van der Waals surface area contributed by atoms with Crippen molar-refractivity contribution >= 4 is 22.6 Å². The number of benzene rings is 2. The highest BCUT2D eigenvalue weighted by molar-refractivity contribution is 5.96. The minimum atomic E-state index is -0.618. The molecule has 134 valence electrons. The van der Waals surface area contributed by atoms with Crippen molar-refractivity contribution in [3.8, 4) is 0 Å². The average molecular weight is 350 g/mol. The monoisotopic (exact) mass is 350 g/mol. The summed E-state index contributed by atoms with van der Waals surface area (Å²) in [5, 5.41) is 3.55. The molecule has 0 atom stereocenters. The largest absolute Gasteiger partial charge is 0.422 e. The molecule has 0 fully saturated rings.